The zero-order valence-corrected chi connectivity index (χ0v) is 21.6. The number of rotatable bonds is 9. The Morgan fingerprint density at radius 1 is 1.31 bits per heavy atom. The zero-order valence-electron chi connectivity index (χ0n) is 17.1. The van der Waals surface area contributed by atoms with Crippen LogP contribution in [0.5, 0.6) is 5.75 Å². The van der Waals surface area contributed by atoms with Gasteiger partial charge < -0.3 is 14.6 Å². The third-order valence-electron chi connectivity index (χ3n) is 4.20. The van der Waals surface area contributed by atoms with Crippen molar-refractivity contribution in [3.63, 3.8) is 0 Å². The molecule has 3 rings (SSSR count). The van der Waals surface area contributed by atoms with Gasteiger partial charge in [-0.2, -0.15) is 0 Å². The number of carbonyl (C=O) groups is 2. The molecule has 0 aliphatic carbocycles. The van der Waals surface area contributed by atoms with Crippen molar-refractivity contribution in [3.8, 4) is 5.75 Å². The highest BCUT2D eigenvalue weighted by molar-refractivity contribution is 14.1. The van der Waals surface area contributed by atoms with E-state index in [1.807, 2.05) is 49.4 Å². The molecule has 1 heterocycles. The summed E-state index contributed by atoms with van der Waals surface area (Å²) in [4.78, 5) is 30.9. The number of aliphatic carboxylic acids is 1. The molecule has 0 atom stereocenters. The van der Waals surface area contributed by atoms with E-state index in [2.05, 4.69) is 43.5 Å². The molecule has 1 N–H and O–H groups in total. The van der Waals surface area contributed by atoms with E-state index in [4.69, 9.17) is 14.6 Å². The van der Waals surface area contributed by atoms with Crippen LogP contribution in [0, 0.1) is 3.57 Å². The second-order valence-corrected chi connectivity index (χ2v) is 9.59. The number of halogens is 2. The molecular formula is C22H20BrIN2O5S. The summed E-state index contributed by atoms with van der Waals surface area (Å²) in [5.74, 6) is -0.911. The Balaban J connectivity index is 1.98. The molecule has 0 aromatic heterocycles. The minimum absolute atomic E-state index is 0.191. The first-order valence-electron chi connectivity index (χ1n) is 9.65. The summed E-state index contributed by atoms with van der Waals surface area (Å²) in [5, 5.41) is 9.56. The average Bonchev–Trinajstić information content (AvgIpc) is 3.02. The third kappa shape index (κ3) is 6.56. The lowest BCUT2D eigenvalue weighted by molar-refractivity contribution is -0.139. The lowest BCUT2D eigenvalue weighted by Crippen LogP contribution is -2.32. The van der Waals surface area contributed by atoms with E-state index >= 15 is 0 Å². The first-order valence-corrected chi connectivity index (χ1v) is 12.3. The van der Waals surface area contributed by atoms with Gasteiger partial charge in [0.15, 0.2) is 11.8 Å². The number of amidine groups is 1. The van der Waals surface area contributed by atoms with Crippen molar-refractivity contribution in [2.75, 3.05) is 26.4 Å². The number of aliphatic imine (C=N–C) groups is 1. The van der Waals surface area contributed by atoms with Crippen LogP contribution in [0.15, 0.2) is 56.8 Å². The molecule has 1 amide bonds. The van der Waals surface area contributed by atoms with Gasteiger partial charge in [0.1, 0.15) is 5.75 Å². The molecule has 1 aliphatic rings. The number of para-hydroxylation sites is 1. The molecule has 10 heteroatoms. The maximum atomic E-state index is 13.2. The highest BCUT2D eigenvalue weighted by Crippen LogP contribution is 2.38. The fourth-order valence-electron chi connectivity index (χ4n) is 2.82. The molecule has 0 saturated carbocycles. The van der Waals surface area contributed by atoms with Gasteiger partial charge in [-0.15, -0.1) is 0 Å². The number of carboxylic acids is 1. The van der Waals surface area contributed by atoms with Crippen molar-refractivity contribution in [2.24, 2.45) is 4.99 Å². The minimum atomic E-state index is -1.08. The smallest absolute Gasteiger partial charge is 0.341 e. The van der Waals surface area contributed by atoms with Crippen molar-refractivity contribution < 1.29 is 24.2 Å². The van der Waals surface area contributed by atoms with Crippen LogP contribution in [0.1, 0.15) is 12.5 Å². The van der Waals surface area contributed by atoms with Crippen LogP contribution < -0.4 is 4.74 Å². The van der Waals surface area contributed by atoms with Crippen LogP contribution >= 0.6 is 50.3 Å². The number of ether oxygens (including phenoxy) is 2. The Labute approximate surface area is 212 Å². The number of benzene rings is 2. The molecule has 1 aliphatic heterocycles. The second-order valence-electron chi connectivity index (χ2n) is 6.48. The molecule has 0 bridgehead atoms. The van der Waals surface area contributed by atoms with Gasteiger partial charge in [0.25, 0.3) is 5.91 Å². The molecule has 7 nitrogen and oxygen atoms in total. The van der Waals surface area contributed by atoms with E-state index in [1.54, 1.807) is 11.0 Å². The number of carbonyl (C=O) groups excluding carboxylic acids is 1. The van der Waals surface area contributed by atoms with Crippen LogP contribution in [0.25, 0.3) is 6.08 Å². The number of amides is 1. The van der Waals surface area contributed by atoms with E-state index in [-0.39, 0.29) is 5.91 Å². The van der Waals surface area contributed by atoms with Gasteiger partial charge >= 0.3 is 5.97 Å². The van der Waals surface area contributed by atoms with Crippen molar-refractivity contribution in [2.45, 2.75) is 6.92 Å². The predicted molar refractivity (Wildman–Crippen MR) is 137 cm³/mol. The molecule has 168 valence electrons. The van der Waals surface area contributed by atoms with Gasteiger partial charge in [0, 0.05) is 15.7 Å². The molecule has 2 aromatic carbocycles. The van der Waals surface area contributed by atoms with Crippen LogP contribution in [0.4, 0.5) is 5.69 Å². The first kappa shape index (κ1) is 24.7. The second kappa shape index (κ2) is 11.8. The fraction of sp³-hybridized carbons (Fsp3) is 0.227. The maximum absolute atomic E-state index is 13.2. The van der Waals surface area contributed by atoms with E-state index in [0.717, 1.165) is 9.26 Å². The van der Waals surface area contributed by atoms with Crippen molar-refractivity contribution >= 4 is 79.1 Å². The molecule has 0 spiro atoms. The van der Waals surface area contributed by atoms with Crippen molar-refractivity contribution in [1.29, 1.82) is 0 Å². The zero-order chi connectivity index (χ0) is 23.1. The van der Waals surface area contributed by atoms with Gasteiger partial charge in [0.2, 0.25) is 0 Å². The van der Waals surface area contributed by atoms with Gasteiger partial charge in [-0.3, -0.25) is 9.69 Å². The van der Waals surface area contributed by atoms with Crippen molar-refractivity contribution in [3.05, 3.63) is 61.0 Å². The van der Waals surface area contributed by atoms with Crippen LogP contribution in [-0.2, 0) is 14.3 Å². The molecular weight excluding hydrogens is 611 g/mol. The molecule has 0 unspecified atom stereocenters. The molecule has 0 radical (unpaired) electrons. The Morgan fingerprint density at radius 3 is 2.75 bits per heavy atom. The minimum Gasteiger partial charge on any atom is -0.480 e. The van der Waals surface area contributed by atoms with Gasteiger partial charge in [-0.1, -0.05) is 18.2 Å². The third-order valence-corrected chi connectivity index (χ3v) is 6.41. The molecule has 1 fully saturated rings. The number of nitrogens with zero attached hydrogens (tertiary/aromatic N) is 2. The van der Waals surface area contributed by atoms with Crippen molar-refractivity contribution in [1.82, 2.24) is 4.90 Å². The summed E-state index contributed by atoms with van der Waals surface area (Å²) < 4.78 is 12.4. The van der Waals surface area contributed by atoms with Gasteiger partial charge in [-0.05, 0) is 87.5 Å². The topological polar surface area (TPSA) is 88.4 Å². The largest absolute Gasteiger partial charge is 0.480 e. The summed E-state index contributed by atoms with van der Waals surface area (Å²) in [7, 11) is 0. The van der Waals surface area contributed by atoms with Gasteiger partial charge in [-0.25, -0.2) is 9.79 Å². The fourth-order valence-corrected chi connectivity index (χ4v) is 5.50. The van der Waals surface area contributed by atoms with E-state index < -0.39 is 12.6 Å². The quantitative estimate of drug-likeness (QED) is 0.234. The Morgan fingerprint density at radius 2 is 2.06 bits per heavy atom. The highest BCUT2D eigenvalue weighted by Gasteiger charge is 2.33. The van der Waals surface area contributed by atoms with Crippen LogP contribution in [-0.4, -0.2) is 53.4 Å². The first-order chi connectivity index (χ1) is 15.4. The SMILES string of the molecule is CCOCCN1C(=O)/C(=C/c2cc(I)cc(Br)c2OCC(=O)O)SC1=Nc1ccccc1. The summed E-state index contributed by atoms with van der Waals surface area (Å²) in [5.41, 5.74) is 1.35. The highest BCUT2D eigenvalue weighted by atomic mass is 127. The normalized spacial score (nSPS) is 16.2. The van der Waals surface area contributed by atoms with E-state index in [1.165, 1.54) is 11.8 Å². The Hall–Kier alpha value is -1.89. The Bertz CT molecular complexity index is 1060. The Kier molecular flexibility index (Phi) is 9.14. The van der Waals surface area contributed by atoms with Crippen LogP contribution in [0.2, 0.25) is 0 Å². The standard InChI is InChI=1S/C22H20BrIN2O5S/c1-2-30-9-8-26-21(29)18(32-22(26)25-16-6-4-3-5-7-16)11-14-10-15(24)12-17(23)20(14)31-13-19(27)28/h3-7,10-12H,2,8-9,13H2,1H3,(H,27,28)/b18-11-,25-22?. The number of hydrogen-bond donors (Lipinski definition) is 1. The van der Waals surface area contributed by atoms with Crippen LogP contribution in [0.3, 0.4) is 0 Å². The lowest BCUT2D eigenvalue weighted by Gasteiger charge is -2.15. The maximum Gasteiger partial charge on any atom is 0.341 e. The van der Waals surface area contributed by atoms with Gasteiger partial charge in [0.05, 0.1) is 28.2 Å². The average molecular weight is 631 g/mol. The number of carboxylic acid groups (broad SMARTS) is 1. The summed E-state index contributed by atoms with van der Waals surface area (Å²) in [6.45, 7) is 2.74. The lowest BCUT2D eigenvalue weighted by atomic mass is 10.2. The van der Waals surface area contributed by atoms with E-state index in [0.29, 0.717) is 45.6 Å². The monoisotopic (exact) mass is 630 g/mol. The summed E-state index contributed by atoms with van der Waals surface area (Å²) in [6.07, 6.45) is 1.71. The predicted octanol–water partition coefficient (Wildman–Crippen LogP) is 5.16. The molecule has 1 saturated heterocycles. The molecule has 2 aromatic rings. The van der Waals surface area contributed by atoms with E-state index in [9.17, 15) is 9.59 Å². The summed E-state index contributed by atoms with van der Waals surface area (Å²) >= 11 is 6.84. The summed E-state index contributed by atoms with van der Waals surface area (Å²) in [6, 6.07) is 13.1. The number of thioether (sulfide) groups is 1. The molecule has 32 heavy (non-hydrogen) atoms. The number of hydrogen-bond acceptors (Lipinski definition) is 6.